The Bertz CT molecular complexity index is 594. The van der Waals surface area contributed by atoms with E-state index in [1.54, 1.807) is 0 Å². The van der Waals surface area contributed by atoms with Crippen LogP contribution in [-0.2, 0) is 24.0 Å². The van der Waals surface area contributed by atoms with Crippen molar-refractivity contribution in [2.24, 2.45) is 0 Å². The molecule has 0 unspecified atom stereocenters. The van der Waals surface area contributed by atoms with E-state index in [1.807, 2.05) is 0 Å². The fraction of sp³-hybridized carbons (Fsp3) is 0.654. The normalized spacial score (nSPS) is 9.97. The molecule has 0 heterocycles. The minimum atomic E-state index is -1.51. The molecule has 4 N–H and O–H groups in total. The van der Waals surface area contributed by atoms with Crippen LogP contribution < -0.4 is 34.7 Å². The molecule has 0 saturated carbocycles. The number of carboxylic acids is 5. The molecule has 0 radical (unpaired) electrons. The summed E-state index contributed by atoms with van der Waals surface area (Å²) in [5.41, 5.74) is 0. The van der Waals surface area contributed by atoms with Gasteiger partial charge in [-0.1, -0.05) is 96.8 Å². The molecule has 0 aromatic rings. The van der Waals surface area contributed by atoms with Crippen LogP contribution in [0.5, 0.6) is 0 Å². The maximum atomic E-state index is 10.3. The summed E-state index contributed by atoms with van der Waals surface area (Å²) in [5.74, 6) is -5.97. The van der Waals surface area contributed by atoms with Crippen molar-refractivity contribution >= 4 is 29.8 Å². The second-order valence-corrected chi connectivity index (χ2v) is 8.09. The van der Waals surface area contributed by atoms with Gasteiger partial charge in [-0.3, -0.25) is 4.79 Å². The van der Waals surface area contributed by atoms with Gasteiger partial charge in [0.25, 0.3) is 0 Å². The molecule has 0 saturated heterocycles. The van der Waals surface area contributed by atoms with Crippen molar-refractivity contribution in [1.82, 2.24) is 0 Å². The Morgan fingerprint density at radius 3 is 1.00 bits per heavy atom. The molecule has 0 aliphatic rings. The van der Waals surface area contributed by atoms with Crippen LogP contribution in [0.25, 0.3) is 0 Å². The van der Waals surface area contributed by atoms with Crippen molar-refractivity contribution in [1.29, 1.82) is 0 Å². The number of carboxylic acid groups (broad SMARTS) is 5. The molecule has 208 valence electrons. The number of aliphatic carboxylic acids is 5. The molecule has 0 bridgehead atoms. The van der Waals surface area contributed by atoms with Gasteiger partial charge >= 0.3 is 53.4 Å². The van der Waals surface area contributed by atoms with E-state index in [4.69, 9.17) is 20.4 Å². The van der Waals surface area contributed by atoms with Crippen molar-refractivity contribution in [3.63, 3.8) is 0 Å². The molecule has 0 aliphatic carbocycles. The van der Waals surface area contributed by atoms with Gasteiger partial charge in [0.2, 0.25) is 0 Å². The summed E-state index contributed by atoms with van der Waals surface area (Å²) in [7, 11) is 0. The van der Waals surface area contributed by atoms with Gasteiger partial charge in [-0.15, -0.1) is 0 Å². The van der Waals surface area contributed by atoms with Crippen LogP contribution in [0.15, 0.2) is 24.3 Å². The van der Waals surface area contributed by atoms with Crippen molar-refractivity contribution in [3.8, 4) is 0 Å². The van der Waals surface area contributed by atoms with Crippen molar-refractivity contribution in [2.45, 2.75) is 110 Å². The van der Waals surface area contributed by atoms with Crippen LogP contribution in [0.2, 0.25) is 0 Å². The Morgan fingerprint density at radius 2 is 0.784 bits per heavy atom. The Labute approximate surface area is 242 Å². The van der Waals surface area contributed by atoms with Crippen molar-refractivity contribution < 1.29 is 79.1 Å². The van der Waals surface area contributed by atoms with Gasteiger partial charge in [0.15, 0.2) is 0 Å². The molecule has 37 heavy (non-hydrogen) atoms. The van der Waals surface area contributed by atoms with Crippen LogP contribution in [0.4, 0.5) is 0 Å². The first-order chi connectivity index (χ1) is 17.0. The van der Waals surface area contributed by atoms with Gasteiger partial charge in [0.1, 0.15) is 0 Å². The molecule has 0 amide bonds. The number of unbranched alkanes of at least 4 members (excludes halogenated alkanes) is 14. The second-order valence-electron chi connectivity index (χ2n) is 8.09. The fourth-order valence-electron chi connectivity index (χ4n) is 2.93. The summed E-state index contributed by atoms with van der Waals surface area (Å²) in [6, 6.07) is 0. The van der Waals surface area contributed by atoms with E-state index in [0.29, 0.717) is 30.7 Å². The molecule has 0 aromatic carbocycles. The van der Waals surface area contributed by atoms with Crippen molar-refractivity contribution in [3.05, 3.63) is 24.3 Å². The molecular formula is C26H43NaO10. The summed E-state index contributed by atoms with van der Waals surface area (Å²) < 4.78 is 0. The minimum Gasteiger partial charge on any atom is -0.545 e. The molecule has 0 atom stereocenters. The first kappa shape index (κ1) is 41.9. The van der Waals surface area contributed by atoms with Gasteiger partial charge < -0.3 is 30.3 Å². The monoisotopic (exact) mass is 538 g/mol. The molecule has 0 fully saturated rings. The van der Waals surface area contributed by atoms with Crippen molar-refractivity contribution in [2.75, 3.05) is 0 Å². The van der Waals surface area contributed by atoms with E-state index >= 15 is 0 Å². The third kappa shape index (κ3) is 55.6. The molecule has 11 heteroatoms. The summed E-state index contributed by atoms with van der Waals surface area (Å²) in [6.45, 7) is 2.27. The predicted octanol–water partition coefficient (Wildman–Crippen LogP) is 1.43. The molecule has 0 rings (SSSR count). The number of hydrogen-bond donors (Lipinski definition) is 4. The molecule has 0 aromatic heterocycles. The zero-order valence-corrected chi connectivity index (χ0v) is 24.4. The molecule has 0 aliphatic heterocycles. The van der Waals surface area contributed by atoms with E-state index in [2.05, 4.69) is 6.92 Å². The van der Waals surface area contributed by atoms with Crippen LogP contribution in [0.1, 0.15) is 110 Å². The Hall–Kier alpha value is -2.17. The number of carbonyl (C=O) groups excluding carboxylic acids is 1. The zero-order valence-electron chi connectivity index (χ0n) is 22.4. The maximum Gasteiger partial charge on any atom is 1.00 e. The largest absolute Gasteiger partial charge is 1.00 e. The first-order valence-corrected chi connectivity index (χ1v) is 12.5. The summed E-state index contributed by atoms with van der Waals surface area (Å²) in [6.07, 6.45) is 22.3. The van der Waals surface area contributed by atoms with Crippen LogP contribution in [0.3, 0.4) is 0 Å². The van der Waals surface area contributed by atoms with Gasteiger partial charge in [0.05, 0.1) is 5.97 Å². The Kier molecular flexibility index (Phi) is 38.3. The van der Waals surface area contributed by atoms with Gasteiger partial charge in [0, 0.05) is 24.6 Å². The topological polar surface area (TPSA) is 189 Å². The summed E-state index contributed by atoms with van der Waals surface area (Å²) in [4.78, 5) is 48.4. The molecule has 10 nitrogen and oxygen atoms in total. The van der Waals surface area contributed by atoms with E-state index in [9.17, 15) is 29.1 Å². The zero-order chi connectivity index (χ0) is 28.0. The van der Waals surface area contributed by atoms with E-state index in [1.165, 1.54) is 83.5 Å². The Balaban J connectivity index is -0.000000264. The molecule has 0 spiro atoms. The van der Waals surface area contributed by atoms with Gasteiger partial charge in [-0.25, -0.2) is 14.4 Å². The minimum absolute atomic E-state index is 0. The quantitative estimate of drug-likeness (QED) is 0.100. The smallest absolute Gasteiger partial charge is 0.545 e. The third-order valence-electron chi connectivity index (χ3n) is 4.72. The van der Waals surface area contributed by atoms with E-state index in [0.717, 1.165) is 12.8 Å². The number of rotatable bonds is 20. The standard InChI is InChI=1S/C18H36O2.2C4H4O4.Na/c1-2-3-4-5-6-7-8-9-10-11-12-13-14-15-16-17-18(19)20;2*5-3(6)1-2-4(7)8;/h2-17H2,1H3,(H,19,20);2*1-2H,(H,5,6)(H,7,8);/q;;;+1/p-1/b;2*2-1+;. The van der Waals surface area contributed by atoms with E-state index < -0.39 is 29.8 Å². The second kappa shape index (κ2) is 33.8. The van der Waals surface area contributed by atoms with Crippen LogP contribution in [-0.4, -0.2) is 50.3 Å². The SMILES string of the molecule is CCCCCCCCCCCCCCCCCC(=O)O.O=C(O)/C=C/C(=O)O.O=C([O-])/C=C/C(=O)O.[Na+]. The van der Waals surface area contributed by atoms with Crippen LogP contribution >= 0.6 is 0 Å². The van der Waals surface area contributed by atoms with Gasteiger partial charge in [-0.05, 0) is 12.5 Å². The van der Waals surface area contributed by atoms with E-state index in [-0.39, 0.29) is 29.6 Å². The number of carbonyl (C=O) groups is 5. The van der Waals surface area contributed by atoms with Crippen LogP contribution in [0, 0.1) is 0 Å². The average Bonchev–Trinajstić information content (AvgIpc) is 2.79. The predicted molar refractivity (Wildman–Crippen MR) is 133 cm³/mol. The van der Waals surface area contributed by atoms with Gasteiger partial charge in [-0.2, -0.15) is 0 Å². The number of hydrogen-bond acceptors (Lipinski definition) is 6. The summed E-state index contributed by atoms with van der Waals surface area (Å²) in [5, 5.41) is 41.4. The maximum absolute atomic E-state index is 10.3. The third-order valence-corrected chi connectivity index (χ3v) is 4.72. The fourth-order valence-corrected chi connectivity index (χ4v) is 2.93. The Morgan fingerprint density at radius 1 is 0.514 bits per heavy atom. The first-order valence-electron chi connectivity index (χ1n) is 12.5. The average molecular weight is 539 g/mol. The summed E-state index contributed by atoms with van der Waals surface area (Å²) >= 11 is 0. The molecular weight excluding hydrogens is 495 g/mol.